The Balaban J connectivity index is 1.77. The molecule has 1 amide bonds. The molecule has 0 aliphatic carbocycles. The molecular formula is C20H16N2O. The van der Waals surface area contributed by atoms with Crippen LogP contribution in [0.15, 0.2) is 72.9 Å². The zero-order valence-electron chi connectivity index (χ0n) is 12.8. The third kappa shape index (κ3) is 3.69. The fraction of sp³-hybridized carbons (Fsp3) is 0.0500. The maximum absolute atomic E-state index is 12.2. The summed E-state index contributed by atoms with van der Waals surface area (Å²) in [6.45, 7) is 0. The van der Waals surface area contributed by atoms with Crippen LogP contribution in [0.3, 0.4) is 0 Å². The van der Waals surface area contributed by atoms with Gasteiger partial charge < -0.3 is 9.88 Å². The number of amides is 1. The molecule has 2 aromatic carbocycles. The third-order valence-corrected chi connectivity index (χ3v) is 3.42. The SMILES string of the molecule is Cn1cccc1C(=O)Nc1cccc(C#Cc2ccccc2)c1. The molecule has 0 fully saturated rings. The van der Waals surface area contributed by atoms with E-state index < -0.39 is 0 Å². The molecule has 0 atom stereocenters. The maximum atomic E-state index is 12.2. The fourth-order valence-electron chi connectivity index (χ4n) is 2.23. The van der Waals surface area contributed by atoms with Crippen molar-refractivity contribution in [2.24, 2.45) is 7.05 Å². The molecule has 0 saturated heterocycles. The molecule has 3 heteroatoms. The Labute approximate surface area is 135 Å². The Hall–Kier alpha value is -3.25. The highest BCUT2D eigenvalue weighted by Crippen LogP contribution is 2.12. The van der Waals surface area contributed by atoms with E-state index in [1.165, 1.54) is 0 Å². The number of anilines is 1. The van der Waals surface area contributed by atoms with E-state index in [1.807, 2.05) is 73.9 Å². The summed E-state index contributed by atoms with van der Waals surface area (Å²) in [4.78, 5) is 12.2. The number of rotatable bonds is 2. The molecule has 0 radical (unpaired) electrons. The standard InChI is InChI=1S/C20H16N2O/c1-22-14-6-11-19(22)20(23)21-18-10-5-9-17(15-18)13-12-16-7-3-2-4-8-16/h2-11,14-15H,1H3,(H,21,23). The first-order valence-electron chi connectivity index (χ1n) is 7.32. The highest BCUT2D eigenvalue weighted by Gasteiger charge is 2.08. The Morgan fingerprint density at radius 3 is 2.39 bits per heavy atom. The molecule has 0 aliphatic rings. The number of carbonyl (C=O) groups excluding carboxylic acids is 1. The second kappa shape index (κ2) is 6.67. The number of nitrogens with zero attached hydrogens (tertiary/aromatic N) is 1. The lowest BCUT2D eigenvalue weighted by Crippen LogP contribution is -2.15. The minimum absolute atomic E-state index is 0.134. The van der Waals surface area contributed by atoms with E-state index in [9.17, 15) is 4.79 Å². The summed E-state index contributed by atoms with van der Waals surface area (Å²) in [7, 11) is 1.84. The summed E-state index contributed by atoms with van der Waals surface area (Å²) in [6.07, 6.45) is 1.84. The van der Waals surface area contributed by atoms with Crippen molar-refractivity contribution in [3.63, 3.8) is 0 Å². The van der Waals surface area contributed by atoms with E-state index in [0.29, 0.717) is 5.69 Å². The predicted octanol–water partition coefficient (Wildman–Crippen LogP) is 3.68. The second-order valence-corrected chi connectivity index (χ2v) is 5.16. The molecule has 1 heterocycles. The van der Waals surface area contributed by atoms with Crippen molar-refractivity contribution in [2.45, 2.75) is 0 Å². The molecule has 23 heavy (non-hydrogen) atoms. The van der Waals surface area contributed by atoms with Gasteiger partial charge in [0.05, 0.1) is 0 Å². The number of carbonyl (C=O) groups is 1. The number of hydrogen-bond donors (Lipinski definition) is 1. The van der Waals surface area contributed by atoms with Gasteiger partial charge in [-0.3, -0.25) is 4.79 Å². The molecular weight excluding hydrogens is 284 g/mol. The normalized spacial score (nSPS) is 9.78. The molecule has 0 saturated carbocycles. The largest absolute Gasteiger partial charge is 0.347 e. The van der Waals surface area contributed by atoms with Crippen LogP contribution in [-0.4, -0.2) is 10.5 Å². The van der Waals surface area contributed by atoms with Gasteiger partial charge in [0, 0.05) is 30.1 Å². The number of aromatic nitrogens is 1. The van der Waals surface area contributed by atoms with Gasteiger partial charge in [0.15, 0.2) is 0 Å². The van der Waals surface area contributed by atoms with E-state index in [4.69, 9.17) is 0 Å². The predicted molar refractivity (Wildman–Crippen MR) is 92.2 cm³/mol. The number of aryl methyl sites for hydroxylation is 1. The van der Waals surface area contributed by atoms with Gasteiger partial charge in [0.1, 0.15) is 5.69 Å². The summed E-state index contributed by atoms with van der Waals surface area (Å²) in [6, 6.07) is 21.0. The highest BCUT2D eigenvalue weighted by molar-refractivity contribution is 6.03. The zero-order chi connectivity index (χ0) is 16.1. The fourth-order valence-corrected chi connectivity index (χ4v) is 2.23. The molecule has 0 aliphatic heterocycles. The van der Waals surface area contributed by atoms with Crippen LogP contribution >= 0.6 is 0 Å². The van der Waals surface area contributed by atoms with E-state index in [2.05, 4.69) is 17.2 Å². The van der Waals surface area contributed by atoms with Gasteiger partial charge >= 0.3 is 0 Å². The van der Waals surface area contributed by atoms with Crippen molar-refractivity contribution in [3.8, 4) is 11.8 Å². The van der Waals surface area contributed by atoms with E-state index in [0.717, 1.165) is 16.8 Å². The molecule has 1 N–H and O–H groups in total. The van der Waals surface area contributed by atoms with Gasteiger partial charge in [-0.15, -0.1) is 0 Å². The van der Waals surface area contributed by atoms with Crippen LogP contribution in [0, 0.1) is 11.8 Å². The van der Waals surface area contributed by atoms with E-state index >= 15 is 0 Å². The van der Waals surface area contributed by atoms with Crippen molar-refractivity contribution >= 4 is 11.6 Å². The average Bonchev–Trinajstić information content (AvgIpc) is 3.00. The smallest absolute Gasteiger partial charge is 0.272 e. The summed E-state index contributed by atoms with van der Waals surface area (Å²) >= 11 is 0. The minimum Gasteiger partial charge on any atom is -0.347 e. The van der Waals surface area contributed by atoms with Crippen LogP contribution in [0.5, 0.6) is 0 Å². The molecule has 0 spiro atoms. The number of benzene rings is 2. The van der Waals surface area contributed by atoms with Crippen LogP contribution in [-0.2, 0) is 7.05 Å². The lowest BCUT2D eigenvalue weighted by molar-refractivity contribution is 0.101. The molecule has 0 bridgehead atoms. The first-order valence-corrected chi connectivity index (χ1v) is 7.32. The minimum atomic E-state index is -0.134. The van der Waals surface area contributed by atoms with Crippen LogP contribution < -0.4 is 5.32 Å². The molecule has 0 unspecified atom stereocenters. The molecule has 3 nitrogen and oxygen atoms in total. The monoisotopic (exact) mass is 300 g/mol. The van der Waals surface area contributed by atoms with Gasteiger partial charge in [-0.05, 0) is 42.5 Å². The summed E-state index contributed by atoms with van der Waals surface area (Å²) in [5.74, 6) is 6.09. The van der Waals surface area contributed by atoms with Gasteiger partial charge in [0.2, 0.25) is 0 Å². The van der Waals surface area contributed by atoms with Crippen molar-refractivity contribution in [3.05, 3.63) is 89.7 Å². The van der Waals surface area contributed by atoms with E-state index in [-0.39, 0.29) is 5.91 Å². The summed E-state index contributed by atoms with van der Waals surface area (Å²) < 4.78 is 1.79. The Kier molecular flexibility index (Phi) is 4.26. The van der Waals surface area contributed by atoms with Crippen molar-refractivity contribution in [2.75, 3.05) is 5.32 Å². The van der Waals surface area contributed by atoms with Crippen LogP contribution in [0.2, 0.25) is 0 Å². The number of nitrogens with one attached hydrogen (secondary N) is 1. The lowest BCUT2D eigenvalue weighted by atomic mass is 10.1. The third-order valence-electron chi connectivity index (χ3n) is 3.42. The second-order valence-electron chi connectivity index (χ2n) is 5.16. The Morgan fingerprint density at radius 1 is 0.913 bits per heavy atom. The number of hydrogen-bond acceptors (Lipinski definition) is 1. The zero-order valence-corrected chi connectivity index (χ0v) is 12.8. The Morgan fingerprint density at radius 2 is 1.65 bits per heavy atom. The summed E-state index contributed by atoms with van der Waals surface area (Å²) in [5.41, 5.74) is 3.17. The first-order chi connectivity index (χ1) is 11.2. The summed E-state index contributed by atoms with van der Waals surface area (Å²) in [5, 5.41) is 2.90. The molecule has 3 aromatic rings. The first kappa shape index (κ1) is 14.7. The Bertz CT molecular complexity index is 883. The molecule has 3 rings (SSSR count). The quantitative estimate of drug-likeness (QED) is 0.720. The van der Waals surface area contributed by atoms with Crippen molar-refractivity contribution < 1.29 is 4.79 Å². The molecule has 112 valence electrons. The average molecular weight is 300 g/mol. The van der Waals surface area contributed by atoms with Gasteiger partial charge in [-0.2, -0.15) is 0 Å². The van der Waals surface area contributed by atoms with Crippen molar-refractivity contribution in [1.29, 1.82) is 0 Å². The molecule has 1 aromatic heterocycles. The van der Waals surface area contributed by atoms with Crippen LogP contribution in [0.25, 0.3) is 0 Å². The van der Waals surface area contributed by atoms with Crippen molar-refractivity contribution in [1.82, 2.24) is 4.57 Å². The van der Waals surface area contributed by atoms with E-state index in [1.54, 1.807) is 10.6 Å². The van der Waals surface area contributed by atoms with Gasteiger partial charge in [-0.1, -0.05) is 36.1 Å². The van der Waals surface area contributed by atoms with Crippen LogP contribution in [0.4, 0.5) is 5.69 Å². The highest BCUT2D eigenvalue weighted by atomic mass is 16.1. The van der Waals surface area contributed by atoms with Crippen LogP contribution in [0.1, 0.15) is 21.6 Å². The van der Waals surface area contributed by atoms with Gasteiger partial charge in [0.25, 0.3) is 5.91 Å². The van der Waals surface area contributed by atoms with Gasteiger partial charge in [-0.25, -0.2) is 0 Å². The topological polar surface area (TPSA) is 34.0 Å². The lowest BCUT2D eigenvalue weighted by Gasteiger charge is -2.06. The maximum Gasteiger partial charge on any atom is 0.272 e.